The molecule has 7 heteroatoms. The SMILES string of the molecule is COc1ccc(C(=O)N(CC(C)C)CC2CN(Cc3cccs3)CCO2)cc1OC. The second-order valence-corrected chi connectivity index (χ2v) is 9.01. The smallest absolute Gasteiger partial charge is 0.254 e. The number of hydrogen-bond donors (Lipinski definition) is 0. The van der Waals surface area contributed by atoms with Gasteiger partial charge in [-0.2, -0.15) is 0 Å². The van der Waals surface area contributed by atoms with Crippen molar-refractivity contribution in [1.29, 1.82) is 0 Å². The molecule has 30 heavy (non-hydrogen) atoms. The predicted octanol–water partition coefficient (Wildman–Crippen LogP) is 3.76. The quantitative estimate of drug-likeness (QED) is 0.604. The fraction of sp³-hybridized carbons (Fsp3) is 0.522. The van der Waals surface area contributed by atoms with E-state index in [1.807, 2.05) is 4.90 Å². The molecule has 2 aromatic rings. The Morgan fingerprint density at radius 3 is 2.73 bits per heavy atom. The van der Waals surface area contributed by atoms with Crippen LogP contribution in [-0.2, 0) is 11.3 Å². The Morgan fingerprint density at radius 1 is 1.27 bits per heavy atom. The zero-order valence-electron chi connectivity index (χ0n) is 18.3. The van der Waals surface area contributed by atoms with Gasteiger partial charge in [0.25, 0.3) is 5.91 Å². The molecule has 164 valence electrons. The standard InChI is InChI=1S/C23H32N2O4S/c1-17(2)13-25(23(26)18-7-8-21(27-3)22(12-18)28-4)15-19-14-24(9-10-29-19)16-20-6-5-11-30-20/h5-8,11-12,17,19H,9-10,13-16H2,1-4H3. The summed E-state index contributed by atoms with van der Waals surface area (Å²) in [5.41, 5.74) is 0.597. The van der Waals surface area contributed by atoms with Crippen LogP contribution >= 0.6 is 11.3 Å². The van der Waals surface area contributed by atoms with Crippen molar-refractivity contribution in [1.82, 2.24) is 9.80 Å². The summed E-state index contributed by atoms with van der Waals surface area (Å²) < 4.78 is 16.7. The number of nitrogens with zero attached hydrogens (tertiary/aromatic N) is 2. The summed E-state index contributed by atoms with van der Waals surface area (Å²) in [5, 5.41) is 2.11. The number of carbonyl (C=O) groups excluding carboxylic acids is 1. The van der Waals surface area contributed by atoms with Gasteiger partial charge in [0, 0.05) is 43.2 Å². The van der Waals surface area contributed by atoms with Crippen molar-refractivity contribution in [3.05, 3.63) is 46.2 Å². The first-order valence-electron chi connectivity index (χ1n) is 10.4. The van der Waals surface area contributed by atoms with Crippen LogP contribution in [0.3, 0.4) is 0 Å². The van der Waals surface area contributed by atoms with Gasteiger partial charge in [-0.1, -0.05) is 19.9 Å². The molecule has 0 bridgehead atoms. The third kappa shape index (κ3) is 5.97. The molecule has 1 aliphatic rings. The van der Waals surface area contributed by atoms with Crippen LogP contribution < -0.4 is 9.47 Å². The first-order valence-corrected chi connectivity index (χ1v) is 11.3. The van der Waals surface area contributed by atoms with Crippen molar-refractivity contribution in [2.45, 2.75) is 26.5 Å². The minimum absolute atomic E-state index is 0.00144. The number of thiophene rings is 1. The number of hydrogen-bond acceptors (Lipinski definition) is 6. The van der Waals surface area contributed by atoms with E-state index in [0.29, 0.717) is 42.7 Å². The Kier molecular flexibility index (Phi) is 8.13. The van der Waals surface area contributed by atoms with Crippen LogP contribution in [0.5, 0.6) is 11.5 Å². The van der Waals surface area contributed by atoms with E-state index in [4.69, 9.17) is 14.2 Å². The maximum Gasteiger partial charge on any atom is 0.254 e. The minimum Gasteiger partial charge on any atom is -0.493 e. The van der Waals surface area contributed by atoms with Gasteiger partial charge in [0.05, 0.1) is 26.9 Å². The Hall–Kier alpha value is -2.09. The van der Waals surface area contributed by atoms with Crippen LogP contribution in [-0.4, -0.2) is 68.8 Å². The topological polar surface area (TPSA) is 51.2 Å². The molecule has 0 spiro atoms. The van der Waals surface area contributed by atoms with Gasteiger partial charge in [-0.15, -0.1) is 11.3 Å². The highest BCUT2D eigenvalue weighted by atomic mass is 32.1. The van der Waals surface area contributed by atoms with Gasteiger partial charge < -0.3 is 19.1 Å². The van der Waals surface area contributed by atoms with Gasteiger partial charge in [-0.3, -0.25) is 9.69 Å². The van der Waals surface area contributed by atoms with Crippen molar-refractivity contribution in [3.8, 4) is 11.5 Å². The van der Waals surface area contributed by atoms with Crippen molar-refractivity contribution >= 4 is 17.2 Å². The number of amides is 1. The number of benzene rings is 1. The molecule has 1 atom stereocenters. The number of ether oxygens (including phenoxy) is 3. The molecule has 1 fully saturated rings. The van der Waals surface area contributed by atoms with Gasteiger partial charge >= 0.3 is 0 Å². The molecule has 0 radical (unpaired) electrons. The molecule has 3 rings (SSSR count). The molecule has 1 unspecified atom stereocenters. The third-order valence-electron chi connectivity index (χ3n) is 5.11. The number of methoxy groups -OCH3 is 2. The van der Waals surface area contributed by atoms with E-state index in [0.717, 1.165) is 19.6 Å². The molecular formula is C23H32N2O4S. The van der Waals surface area contributed by atoms with Crippen molar-refractivity contribution in [3.63, 3.8) is 0 Å². The second kappa shape index (κ2) is 10.8. The molecule has 6 nitrogen and oxygen atoms in total. The normalized spacial score (nSPS) is 17.2. The summed E-state index contributed by atoms with van der Waals surface area (Å²) in [6.45, 7) is 8.87. The molecule has 1 saturated heterocycles. The summed E-state index contributed by atoms with van der Waals surface area (Å²) in [6, 6.07) is 9.57. The predicted molar refractivity (Wildman–Crippen MR) is 120 cm³/mol. The summed E-state index contributed by atoms with van der Waals surface area (Å²) in [5.74, 6) is 1.52. The summed E-state index contributed by atoms with van der Waals surface area (Å²) >= 11 is 1.78. The molecule has 0 aliphatic carbocycles. The lowest BCUT2D eigenvalue weighted by atomic mass is 10.1. The first kappa shape index (κ1) is 22.6. The Morgan fingerprint density at radius 2 is 2.07 bits per heavy atom. The van der Waals surface area contributed by atoms with Gasteiger partial charge in [-0.05, 0) is 35.6 Å². The maximum atomic E-state index is 13.3. The number of morpholine rings is 1. The lowest BCUT2D eigenvalue weighted by molar-refractivity contribution is -0.0435. The number of rotatable bonds is 9. The van der Waals surface area contributed by atoms with E-state index in [-0.39, 0.29) is 12.0 Å². The molecule has 1 amide bonds. The summed E-state index contributed by atoms with van der Waals surface area (Å²) in [4.78, 5) is 19.0. The van der Waals surface area contributed by atoms with Gasteiger partial charge in [-0.25, -0.2) is 0 Å². The number of carbonyl (C=O) groups is 1. The average Bonchev–Trinajstić information content (AvgIpc) is 3.25. The molecule has 2 heterocycles. The molecular weight excluding hydrogens is 400 g/mol. The van der Waals surface area contributed by atoms with Gasteiger partial charge in [0.15, 0.2) is 11.5 Å². The van der Waals surface area contributed by atoms with Crippen LogP contribution in [0.4, 0.5) is 0 Å². The highest BCUT2D eigenvalue weighted by Gasteiger charge is 2.26. The Bertz CT molecular complexity index is 810. The maximum absolute atomic E-state index is 13.3. The first-order chi connectivity index (χ1) is 14.5. The summed E-state index contributed by atoms with van der Waals surface area (Å²) in [6.07, 6.45) is 0.00144. The van der Waals surface area contributed by atoms with Crippen LogP contribution in [0.15, 0.2) is 35.7 Å². The van der Waals surface area contributed by atoms with Crippen LogP contribution in [0.1, 0.15) is 29.1 Å². The van der Waals surface area contributed by atoms with Gasteiger partial charge in [0.1, 0.15) is 0 Å². The second-order valence-electron chi connectivity index (χ2n) is 7.98. The zero-order chi connectivity index (χ0) is 21.5. The molecule has 0 saturated carbocycles. The van der Waals surface area contributed by atoms with E-state index in [1.165, 1.54) is 4.88 Å². The zero-order valence-corrected chi connectivity index (χ0v) is 19.1. The third-order valence-corrected chi connectivity index (χ3v) is 5.97. The van der Waals surface area contributed by atoms with E-state index in [9.17, 15) is 4.79 Å². The Labute approximate surface area is 183 Å². The van der Waals surface area contributed by atoms with E-state index >= 15 is 0 Å². The fourth-order valence-electron chi connectivity index (χ4n) is 3.74. The molecule has 1 aromatic heterocycles. The largest absolute Gasteiger partial charge is 0.493 e. The lowest BCUT2D eigenvalue weighted by Gasteiger charge is -2.36. The van der Waals surface area contributed by atoms with Crippen LogP contribution in [0, 0.1) is 5.92 Å². The highest BCUT2D eigenvalue weighted by molar-refractivity contribution is 7.09. The molecule has 1 aliphatic heterocycles. The fourth-order valence-corrected chi connectivity index (χ4v) is 4.48. The monoisotopic (exact) mass is 432 g/mol. The van der Waals surface area contributed by atoms with Crippen molar-refractivity contribution < 1.29 is 19.0 Å². The highest BCUT2D eigenvalue weighted by Crippen LogP contribution is 2.28. The molecule has 1 aromatic carbocycles. The minimum atomic E-state index is -0.0105. The van der Waals surface area contributed by atoms with E-state index in [1.54, 1.807) is 43.8 Å². The Balaban J connectivity index is 1.69. The van der Waals surface area contributed by atoms with Crippen LogP contribution in [0.2, 0.25) is 0 Å². The lowest BCUT2D eigenvalue weighted by Crippen LogP contribution is -2.49. The van der Waals surface area contributed by atoms with Crippen LogP contribution in [0.25, 0.3) is 0 Å². The average molecular weight is 433 g/mol. The van der Waals surface area contributed by atoms with Crippen molar-refractivity contribution in [2.75, 3.05) is 47.0 Å². The van der Waals surface area contributed by atoms with E-state index < -0.39 is 0 Å². The van der Waals surface area contributed by atoms with Crippen molar-refractivity contribution in [2.24, 2.45) is 5.92 Å². The summed E-state index contributed by atoms with van der Waals surface area (Å²) in [7, 11) is 3.17. The van der Waals surface area contributed by atoms with Gasteiger partial charge in [0.2, 0.25) is 0 Å². The molecule has 0 N–H and O–H groups in total. The van der Waals surface area contributed by atoms with E-state index in [2.05, 4.69) is 36.3 Å².